The molecule has 0 atom stereocenters. The van der Waals surface area contributed by atoms with E-state index < -0.39 is 11.6 Å². The summed E-state index contributed by atoms with van der Waals surface area (Å²) in [4.78, 5) is 13.5. The van der Waals surface area contributed by atoms with Gasteiger partial charge >= 0.3 is 5.97 Å². The topological polar surface area (TPSA) is 99.8 Å². The van der Waals surface area contributed by atoms with Gasteiger partial charge in [0.1, 0.15) is 0 Å². The van der Waals surface area contributed by atoms with Crippen LogP contribution in [0.4, 0.5) is 0 Å². The van der Waals surface area contributed by atoms with Crippen molar-refractivity contribution in [2.45, 2.75) is 12.6 Å². The molecule has 0 aliphatic carbocycles. The fraction of sp³-hybridized carbons (Fsp3) is 0.800. The summed E-state index contributed by atoms with van der Waals surface area (Å²) in [6.07, 6.45) is 0. The zero-order valence-corrected chi connectivity index (χ0v) is 6.47. The molecule has 0 radical (unpaired) electrons. The minimum absolute atomic E-state index is 0.0949. The van der Waals surface area contributed by atoms with Gasteiger partial charge in [-0.1, -0.05) is 5.11 Å². The zero-order chi connectivity index (χ0) is 9.03. The molecule has 0 amide bonds. The molecule has 64 valence electrons. The van der Waals surface area contributed by atoms with E-state index in [4.69, 9.17) is 5.53 Å². The second-order valence-electron chi connectivity index (χ2n) is 2.13. The summed E-state index contributed by atoms with van der Waals surface area (Å²) in [6.45, 7) is 1.85. The first-order chi connectivity index (χ1) is 5.75. The highest BCUT2D eigenvalue weighted by Crippen LogP contribution is 2.29. The van der Waals surface area contributed by atoms with Crippen molar-refractivity contribution < 1.29 is 9.53 Å². The van der Waals surface area contributed by atoms with Crippen molar-refractivity contribution in [3.8, 4) is 0 Å². The maximum absolute atomic E-state index is 11.0. The lowest BCUT2D eigenvalue weighted by molar-refractivity contribution is -0.146. The molecular weight excluding hydrogens is 162 g/mol. The van der Waals surface area contributed by atoms with Crippen molar-refractivity contribution in [2.75, 3.05) is 13.2 Å². The molecular formula is C5H7N5O2. The fourth-order valence-electron chi connectivity index (χ4n) is 0.647. The van der Waals surface area contributed by atoms with Gasteiger partial charge in [-0.3, -0.25) is 0 Å². The molecule has 0 bridgehead atoms. The number of rotatable bonds is 4. The van der Waals surface area contributed by atoms with Crippen LogP contribution in [0.15, 0.2) is 15.3 Å². The van der Waals surface area contributed by atoms with Crippen LogP contribution >= 0.6 is 0 Å². The van der Waals surface area contributed by atoms with Gasteiger partial charge in [-0.15, -0.1) is 10.2 Å². The van der Waals surface area contributed by atoms with Crippen molar-refractivity contribution in [3.63, 3.8) is 0 Å². The van der Waals surface area contributed by atoms with Crippen molar-refractivity contribution >= 4 is 5.97 Å². The molecule has 0 spiro atoms. The smallest absolute Gasteiger partial charge is 0.360 e. The van der Waals surface area contributed by atoms with Crippen LogP contribution in [0.25, 0.3) is 10.4 Å². The number of hydrogen-bond acceptors (Lipinski definition) is 5. The highest BCUT2D eigenvalue weighted by molar-refractivity contribution is 5.83. The number of esters is 1. The van der Waals surface area contributed by atoms with E-state index >= 15 is 0 Å². The van der Waals surface area contributed by atoms with Gasteiger partial charge in [-0.2, -0.15) is 0 Å². The Morgan fingerprint density at radius 1 is 1.75 bits per heavy atom. The summed E-state index contributed by atoms with van der Waals surface area (Å²) in [5, 5.41) is 10.2. The van der Waals surface area contributed by atoms with Crippen LogP contribution in [-0.2, 0) is 9.53 Å². The molecule has 7 nitrogen and oxygen atoms in total. The molecule has 0 saturated heterocycles. The molecule has 0 fully saturated rings. The van der Waals surface area contributed by atoms with Gasteiger partial charge in [0, 0.05) is 4.91 Å². The monoisotopic (exact) mass is 169 g/mol. The first kappa shape index (κ1) is 8.48. The zero-order valence-electron chi connectivity index (χ0n) is 6.47. The average Bonchev–Trinajstić information content (AvgIpc) is 2.82. The molecule has 0 N–H and O–H groups in total. The lowest BCUT2D eigenvalue weighted by atomic mass is 10.2. The number of hydrogen-bond donors (Lipinski definition) is 0. The van der Waals surface area contributed by atoms with Gasteiger partial charge in [0.15, 0.2) is 0 Å². The molecule has 0 unspecified atom stereocenters. The van der Waals surface area contributed by atoms with E-state index in [2.05, 4.69) is 25.0 Å². The maximum atomic E-state index is 11.0. The second kappa shape index (κ2) is 3.19. The van der Waals surface area contributed by atoms with E-state index in [1.807, 2.05) is 0 Å². The summed E-state index contributed by atoms with van der Waals surface area (Å²) < 4.78 is 4.66. The van der Waals surface area contributed by atoms with Gasteiger partial charge in [0.25, 0.3) is 5.66 Å². The van der Waals surface area contributed by atoms with Crippen molar-refractivity contribution in [2.24, 2.45) is 15.3 Å². The predicted molar refractivity (Wildman–Crippen MR) is 38.2 cm³/mol. The Balaban J connectivity index is 2.48. The number of carbonyl (C=O) groups is 1. The van der Waals surface area contributed by atoms with Crippen LogP contribution in [0, 0.1) is 0 Å². The quantitative estimate of drug-likeness (QED) is 0.271. The van der Waals surface area contributed by atoms with Crippen LogP contribution in [-0.4, -0.2) is 24.8 Å². The van der Waals surface area contributed by atoms with Gasteiger partial charge in [-0.05, 0) is 12.5 Å². The Bertz CT molecular complexity index is 261. The number of azide groups is 1. The third-order valence-electron chi connectivity index (χ3n) is 1.30. The van der Waals surface area contributed by atoms with Crippen molar-refractivity contribution in [1.82, 2.24) is 0 Å². The van der Waals surface area contributed by atoms with Crippen LogP contribution in [0.3, 0.4) is 0 Å². The van der Waals surface area contributed by atoms with Crippen LogP contribution in [0.1, 0.15) is 6.92 Å². The molecule has 7 heteroatoms. The average molecular weight is 169 g/mol. The Hall–Kier alpha value is -1.62. The fourth-order valence-corrected chi connectivity index (χ4v) is 0.647. The molecule has 0 aromatic heterocycles. The van der Waals surface area contributed by atoms with E-state index in [-0.39, 0.29) is 13.2 Å². The molecule has 0 saturated carbocycles. The third kappa shape index (κ3) is 1.51. The van der Waals surface area contributed by atoms with E-state index in [9.17, 15) is 4.79 Å². The van der Waals surface area contributed by atoms with Crippen LogP contribution < -0.4 is 0 Å². The Morgan fingerprint density at radius 3 is 2.83 bits per heavy atom. The summed E-state index contributed by atoms with van der Waals surface area (Å²) in [7, 11) is 0. The SMILES string of the molecule is CCOC(=O)C1(CN=[N+]=[N-])N=N1. The van der Waals surface area contributed by atoms with E-state index in [1.165, 1.54) is 0 Å². The number of carbonyl (C=O) groups excluding carboxylic acids is 1. The molecule has 1 heterocycles. The number of ether oxygens (including phenoxy) is 1. The standard InChI is InChI=1S/C5H7N5O2/c1-2-12-4(11)5(8-9-5)3-7-10-6/h2-3H2,1H3. The summed E-state index contributed by atoms with van der Waals surface area (Å²) in [6, 6.07) is 0. The Morgan fingerprint density at radius 2 is 2.42 bits per heavy atom. The predicted octanol–water partition coefficient (Wildman–Crippen LogP) is 1.02. The molecule has 1 rings (SSSR count). The van der Waals surface area contributed by atoms with Crippen LogP contribution in [0.2, 0.25) is 0 Å². The van der Waals surface area contributed by atoms with Gasteiger partial charge in [0.2, 0.25) is 0 Å². The molecule has 0 aromatic rings. The van der Waals surface area contributed by atoms with E-state index in [0.29, 0.717) is 0 Å². The maximum Gasteiger partial charge on any atom is 0.360 e. The minimum Gasteiger partial charge on any atom is -0.463 e. The Labute approximate surface area is 68.0 Å². The van der Waals surface area contributed by atoms with Crippen molar-refractivity contribution in [1.29, 1.82) is 0 Å². The molecule has 0 aromatic carbocycles. The van der Waals surface area contributed by atoms with E-state index in [1.54, 1.807) is 6.92 Å². The number of nitrogens with zero attached hydrogens (tertiary/aromatic N) is 5. The lowest BCUT2D eigenvalue weighted by Crippen LogP contribution is -2.29. The Kier molecular flexibility index (Phi) is 2.25. The first-order valence-corrected chi connectivity index (χ1v) is 3.37. The molecule has 12 heavy (non-hydrogen) atoms. The van der Waals surface area contributed by atoms with Gasteiger partial charge < -0.3 is 4.74 Å². The molecule has 1 aliphatic heterocycles. The second-order valence-corrected chi connectivity index (χ2v) is 2.13. The molecule has 1 aliphatic rings. The summed E-state index contributed by atoms with van der Waals surface area (Å²) in [5.41, 5.74) is 6.77. The largest absolute Gasteiger partial charge is 0.463 e. The normalized spacial score (nSPS) is 16.4. The van der Waals surface area contributed by atoms with Crippen molar-refractivity contribution in [3.05, 3.63) is 10.4 Å². The van der Waals surface area contributed by atoms with Gasteiger partial charge in [-0.25, -0.2) is 4.79 Å². The third-order valence-corrected chi connectivity index (χ3v) is 1.30. The van der Waals surface area contributed by atoms with E-state index in [0.717, 1.165) is 0 Å². The minimum atomic E-state index is -1.22. The summed E-state index contributed by atoms with van der Waals surface area (Å²) >= 11 is 0. The lowest BCUT2D eigenvalue weighted by Gasteiger charge is -2.04. The highest BCUT2D eigenvalue weighted by Gasteiger charge is 2.49. The highest BCUT2D eigenvalue weighted by atomic mass is 16.5. The summed E-state index contributed by atoms with van der Waals surface area (Å²) in [5.74, 6) is -0.558. The van der Waals surface area contributed by atoms with Crippen LogP contribution in [0.5, 0.6) is 0 Å². The van der Waals surface area contributed by atoms with Gasteiger partial charge in [0.05, 0.1) is 13.2 Å². The first-order valence-electron chi connectivity index (χ1n) is 3.37.